The first kappa shape index (κ1) is 16.8. The predicted molar refractivity (Wildman–Crippen MR) is 108 cm³/mol. The van der Waals surface area contributed by atoms with Crippen LogP contribution in [0.2, 0.25) is 5.02 Å². The van der Waals surface area contributed by atoms with Gasteiger partial charge in [-0.05, 0) is 24.6 Å². The van der Waals surface area contributed by atoms with Crippen LogP contribution in [0.25, 0.3) is 16.8 Å². The highest BCUT2D eigenvalue weighted by Crippen LogP contribution is 2.36. The Bertz CT molecular complexity index is 1030. The maximum absolute atomic E-state index is 10.5. The number of aliphatic hydroxyl groups is 1. The molecule has 0 saturated heterocycles. The second-order valence-electron chi connectivity index (χ2n) is 6.09. The number of nitrogens with zero attached hydrogens (tertiary/aromatic N) is 2. The summed E-state index contributed by atoms with van der Waals surface area (Å²) in [6, 6.07) is 15.4. The van der Waals surface area contributed by atoms with E-state index in [4.69, 9.17) is 17.0 Å². The van der Waals surface area contributed by atoms with Gasteiger partial charge in [-0.15, -0.1) is 11.3 Å². The van der Waals surface area contributed by atoms with E-state index in [9.17, 15) is 5.11 Å². The SMILES string of the molecule is Cc1ccc(Cl)cc1N1CC(O)=C(c2nc(-c3ccccc3)cs2)C1=N. The van der Waals surface area contributed by atoms with E-state index in [0.29, 0.717) is 15.6 Å². The first-order valence-electron chi connectivity index (χ1n) is 8.10. The minimum Gasteiger partial charge on any atom is -0.510 e. The lowest BCUT2D eigenvalue weighted by Gasteiger charge is -2.21. The molecule has 0 saturated carbocycles. The maximum Gasteiger partial charge on any atom is 0.139 e. The summed E-state index contributed by atoms with van der Waals surface area (Å²) >= 11 is 7.55. The predicted octanol–water partition coefficient (Wildman–Crippen LogP) is 5.54. The first-order chi connectivity index (χ1) is 12.5. The molecule has 0 spiro atoms. The summed E-state index contributed by atoms with van der Waals surface area (Å²) in [5.74, 6) is 0.394. The average molecular weight is 382 g/mol. The van der Waals surface area contributed by atoms with Gasteiger partial charge >= 0.3 is 0 Å². The van der Waals surface area contributed by atoms with E-state index >= 15 is 0 Å². The molecule has 2 aromatic carbocycles. The van der Waals surface area contributed by atoms with Crippen LogP contribution in [-0.4, -0.2) is 22.5 Å². The molecular weight excluding hydrogens is 366 g/mol. The topological polar surface area (TPSA) is 60.2 Å². The van der Waals surface area contributed by atoms with Crippen molar-refractivity contribution in [3.63, 3.8) is 0 Å². The Hall–Kier alpha value is -2.63. The summed E-state index contributed by atoms with van der Waals surface area (Å²) in [6.07, 6.45) is 0. The van der Waals surface area contributed by atoms with Crippen molar-refractivity contribution in [2.75, 3.05) is 11.4 Å². The zero-order chi connectivity index (χ0) is 18.3. The Morgan fingerprint density at radius 1 is 1.19 bits per heavy atom. The number of hydrogen-bond donors (Lipinski definition) is 2. The van der Waals surface area contributed by atoms with E-state index in [-0.39, 0.29) is 18.1 Å². The summed E-state index contributed by atoms with van der Waals surface area (Å²) < 4.78 is 0. The van der Waals surface area contributed by atoms with Crippen LogP contribution < -0.4 is 4.90 Å². The zero-order valence-electron chi connectivity index (χ0n) is 14.0. The number of anilines is 1. The maximum atomic E-state index is 10.5. The van der Waals surface area contributed by atoms with Crippen molar-refractivity contribution in [3.05, 3.63) is 75.3 Å². The quantitative estimate of drug-likeness (QED) is 0.626. The molecule has 26 heavy (non-hydrogen) atoms. The van der Waals surface area contributed by atoms with E-state index in [1.807, 2.05) is 60.8 Å². The van der Waals surface area contributed by atoms with Gasteiger partial charge in [0.2, 0.25) is 0 Å². The summed E-state index contributed by atoms with van der Waals surface area (Å²) in [5.41, 5.74) is 4.16. The first-order valence-corrected chi connectivity index (χ1v) is 9.36. The fourth-order valence-electron chi connectivity index (χ4n) is 3.01. The van der Waals surface area contributed by atoms with E-state index in [2.05, 4.69) is 4.98 Å². The molecule has 4 nitrogen and oxygen atoms in total. The Morgan fingerprint density at radius 2 is 1.96 bits per heavy atom. The average Bonchev–Trinajstić information content (AvgIpc) is 3.22. The highest BCUT2D eigenvalue weighted by atomic mass is 35.5. The van der Waals surface area contributed by atoms with Crippen molar-refractivity contribution in [2.45, 2.75) is 6.92 Å². The third-order valence-electron chi connectivity index (χ3n) is 4.35. The second kappa shape index (κ2) is 6.59. The van der Waals surface area contributed by atoms with Crippen LogP contribution in [-0.2, 0) is 0 Å². The molecule has 130 valence electrons. The number of hydrogen-bond acceptors (Lipinski definition) is 4. The van der Waals surface area contributed by atoms with Crippen molar-refractivity contribution in [2.24, 2.45) is 0 Å². The number of aromatic nitrogens is 1. The van der Waals surface area contributed by atoms with E-state index in [1.54, 1.807) is 4.90 Å². The van der Waals surface area contributed by atoms with Crippen LogP contribution >= 0.6 is 22.9 Å². The molecule has 4 rings (SSSR count). The standard InChI is InChI=1S/C20H16ClN3OS/c1-12-7-8-14(21)9-16(12)24-10-17(25)18(19(24)22)20-23-15(11-26-20)13-5-3-2-4-6-13/h2-9,11,22,25H,10H2,1H3. The molecule has 0 bridgehead atoms. The third-order valence-corrected chi connectivity index (χ3v) is 5.45. The Balaban J connectivity index is 1.68. The number of thiazole rings is 1. The van der Waals surface area contributed by atoms with Crippen molar-refractivity contribution in [3.8, 4) is 11.3 Å². The van der Waals surface area contributed by atoms with Gasteiger partial charge in [-0.1, -0.05) is 48.0 Å². The molecule has 0 atom stereocenters. The van der Waals surface area contributed by atoms with Gasteiger partial charge < -0.3 is 10.0 Å². The summed E-state index contributed by atoms with van der Waals surface area (Å²) in [7, 11) is 0. The number of nitrogens with one attached hydrogen (secondary N) is 1. The largest absolute Gasteiger partial charge is 0.510 e. The van der Waals surface area contributed by atoms with Crippen LogP contribution in [0.5, 0.6) is 0 Å². The molecule has 6 heteroatoms. The fourth-order valence-corrected chi connectivity index (χ4v) is 4.08. The van der Waals surface area contributed by atoms with Crippen LogP contribution in [0.15, 0.2) is 59.7 Å². The van der Waals surface area contributed by atoms with Gasteiger partial charge in [0.05, 0.1) is 17.8 Å². The van der Waals surface area contributed by atoms with Crippen molar-refractivity contribution < 1.29 is 5.11 Å². The lowest BCUT2D eigenvalue weighted by Crippen LogP contribution is -2.26. The lowest BCUT2D eigenvalue weighted by molar-refractivity contribution is 0.411. The number of aryl methyl sites for hydroxylation is 1. The van der Waals surface area contributed by atoms with Crippen LogP contribution in [0.3, 0.4) is 0 Å². The molecule has 1 aliphatic rings. The third kappa shape index (κ3) is 2.89. The number of amidine groups is 1. The van der Waals surface area contributed by atoms with E-state index in [1.165, 1.54) is 11.3 Å². The van der Waals surface area contributed by atoms with Gasteiger partial charge in [0.1, 0.15) is 16.6 Å². The zero-order valence-corrected chi connectivity index (χ0v) is 15.6. The molecule has 2 N–H and O–H groups in total. The molecule has 2 heterocycles. The molecule has 3 aromatic rings. The molecular formula is C20H16ClN3OS. The van der Waals surface area contributed by atoms with E-state index < -0.39 is 0 Å². The lowest BCUT2D eigenvalue weighted by atomic mass is 10.1. The monoisotopic (exact) mass is 381 g/mol. The summed E-state index contributed by atoms with van der Waals surface area (Å²) in [6.45, 7) is 2.21. The molecule has 0 aliphatic carbocycles. The minimum atomic E-state index is 0.156. The molecule has 1 aromatic heterocycles. The highest BCUT2D eigenvalue weighted by Gasteiger charge is 2.32. The van der Waals surface area contributed by atoms with Crippen molar-refractivity contribution >= 4 is 40.0 Å². The van der Waals surface area contributed by atoms with Gasteiger partial charge in [0, 0.05) is 21.7 Å². The Labute approximate surface area is 160 Å². The number of benzene rings is 2. The van der Waals surface area contributed by atoms with Gasteiger partial charge in [-0.2, -0.15) is 0 Å². The van der Waals surface area contributed by atoms with Gasteiger partial charge in [0.25, 0.3) is 0 Å². The van der Waals surface area contributed by atoms with E-state index in [0.717, 1.165) is 22.5 Å². The number of halogens is 1. The van der Waals surface area contributed by atoms with Crippen LogP contribution in [0.4, 0.5) is 5.69 Å². The molecule has 0 radical (unpaired) electrons. The fraction of sp³-hybridized carbons (Fsp3) is 0.100. The summed E-state index contributed by atoms with van der Waals surface area (Å²) in [4.78, 5) is 6.40. The smallest absolute Gasteiger partial charge is 0.139 e. The normalized spacial score (nSPS) is 14.4. The Kier molecular flexibility index (Phi) is 4.26. The van der Waals surface area contributed by atoms with Crippen LogP contribution in [0.1, 0.15) is 10.6 Å². The molecule has 1 aliphatic heterocycles. The molecule has 0 unspecified atom stereocenters. The van der Waals surface area contributed by atoms with Gasteiger partial charge in [0.15, 0.2) is 0 Å². The molecule has 0 fully saturated rings. The summed E-state index contributed by atoms with van der Waals surface area (Å²) in [5, 5.41) is 22.3. The second-order valence-corrected chi connectivity index (χ2v) is 7.39. The number of aliphatic hydroxyl groups excluding tert-OH is 1. The minimum absolute atomic E-state index is 0.156. The highest BCUT2D eigenvalue weighted by molar-refractivity contribution is 7.11. The van der Waals surface area contributed by atoms with Crippen molar-refractivity contribution in [1.82, 2.24) is 4.98 Å². The van der Waals surface area contributed by atoms with Gasteiger partial charge in [-0.3, -0.25) is 5.41 Å². The van der Waals surface area contributed by atoms with Gasteiger partial charge in [-0.25, -0.2) is 4.98 Å². The molecule has 0 amide bonds. The number of rotatable bonds is 3. The van der Waals surface area contributed by atoms with Crippen molar-refractivity contribution in [1.29, 1.82) is 5.41 Å². The van der Waals surface area contributed by atoms with Crippen LogP contribution in [0, 0.1) is 12.3 Å². The Morgan fingerprint density at radius 3 is 2.73 bits per heavy atom.